The average Bonchev–Trinajstić information content (AvgIpc) is 2.86. The third-order valence-electron chi connectivity index (χ3n) is 2.98. The molecular formula is C16H21FN2O2. The first kappa shape index (κ1) is 15.5. The van der Waals surface area contributed by atoms with Gasteiger partial charge in [-0.25, -0.2) is 9.37 Å². The molecule has 4 nitrogen and oxygen atoms in total. The van der Waals surface area contributed by atoms with Crippen molar-refractivity contribution in [3.63, 3.8) is 0 Å². The van der Waals surface area contributed by atoms with Crippen LogP contribution in [-0.2, 0) is 6.42 Å². The molecular weight excluding hydrogens is 271 g/mol. The van der Waals surface area contributed by atoms with Crippen molar-refractivity contribution in [1.82, 2.24) is 10.3 Å². The fourth-order valence-electron chi connectivity index (χ4n) is 1.92. The smallest absolute Gasteiger partial charge is 0.196 e. The highest BCUT2D eigenvalue weighted by Crippen LogP contribution is 2.26. The Morgan fingerprint density at radius 3 is 2.71 bits per heavy atom. The summed E-state index contributed by atoms with van der Waals surface area (Å²) in [6.07, 6.45) is 2.31. The van der Waals surface area contributed by atoms with Crippen molar-refractivity contribution >= 4 is 0 Å². The molecule has 0 bridgehead atoms. The SMILES string of the molecule is COc1ccc(-c2cnc(CCNC(C)(C)C)o2)cc1F. The molecule has 0 aliphatic rings. The predicted molar refractivity (Wildman–Crippen MR) is 79.9 cm³/mol. The van der Waals surface area contributed by atoms with Crippen molar-refractivity contribution in [3.8, 4) is 17.1 Å². The molecule has 1 N–H and O–H groups in total. The maximum Gasteiger partial charge on any atom is 0.196 e. The van der Waals surface area contributed by atoms with Gasteiger partial charge < -0.3 is 14.5 Å². The lowest BCUT2D eigenvalue weighted by Gasteiger charge is -2.19. The third-order valence-corrected chi connectivity index (χ3v) is 2.98. The molecule has 0 fully saturated rings. The Labute approximate surface area is 124 Å². The summed E-state index contributed by atoms with van der Waals surface area (Å²) >= 11 is 0. The Kier molecular flexibility index (Phi) is 4.63. The van der Waals surface area contributed by atoms with Crippen LogP contribution in [0.3, 0.4) is 0 Å². The summed E-state index contributed by atoms with van der Waals surface area (Å²) in [6, 6.07) is 4.71. The van der Waals surface area contributed by atoms with E-state index in [1.807, 2.05) is 0 Å². The van der Waals surface area contributed by atoms with Crippen LogP contribution in [0.1, 0.15) is 26.7 Å². The van der Waals surface area contributed by atoms with E-state index in [0.717, 1.165) is 6.54 Å². The third kappa shape index (κ3) is 4.29. The van der Waals surface area contributed by atoms with Crippen LogP contribution in [0.5, 0.6) is 5.75 Å². The normalized spacial score (nSPS) is 11.7. The number of nitrogens with one attached hydrogen (secondary N) is 1. The number of hydrogen-bond acceptors (Lipinski definition) is 4. The molecule has 114 valence electrons. The van der Waals surface area contributed by atoms with Gasteiger partial charge in [-0.15, -0.1) is 0 Å². The summed E-state index contributed by atoms with van der Waals surface area (Å²) in [7, 11) is 1.44. The van der Waals surface area contributed by atoms with Crippen LogP contribution in [0.15, 0.2) is 28.8 Å². The monoisotopic (exact) mass is 292 g/mol. The lowest BCUT2D eigenvalue weighted by atomic mass is 10.1. The molecule has 2 rings (SSSR count). The summed E-state index contributed by atoms with van der Waals surface area (Å²) in [4.78, 5) is 4.22. The second-order valence-electron chi connectivity index (χ2n) is 5.89. The second kappa shape index (κ2) is 6.26. The number of aromatic nitrogens is 1. The van der Waals surface area contributed by atoms with Crippen molar-refractivity contribution in [2.45, 2.75) is 32.7 Å². The maximum absolute atomic E-state index is 13.7. The Morgan fingerprint density at radius 1 is 1.33 bits per heavy atom. The van der Waals surface area contributed by atoms with Crippen molar-refractivity contribution in [3.05, 3.63) is 36.1 Å². The first-order chi connectivity index (χ1) is 9.89. The molecule has 0 amide bonds. The molecule has 2 aromatic rings. The van der Waals surface area contributed by atoms with E-state index in [9.17, 15) is 4.39 Å². The summed E-state index contributed by atoms with van der Waals surface area (Å²) in [6.45, 7) is 7.09. The fourth-order valence-corrected chi connectivity index (χ4v) is 1.92. The number of rotatable bonds is 5. The van der Waals surface area contributed by atoms with Crippen LogP contribution >= 0.6 is 0 Å². The van der Waals surface area contributed by atoms with Gasteiger partial charge in [0.1, 0.15) is 0 Å². The van der Waals surface area contributed by atoms with Gasteiger partial charge in [-0.3, -0.25) is 0 Å². The zero-order chi connectivity index (χ0) is 15.5. The van der Waals surface area contributed by atoms with Crippen LogP contribution < -0.4 is 10.1 Å². The number of hydrogen-bond donors (Lipinski definition) is 1. The minimum absolute atomic E-state index is 0.0640. The number of benzene rings is 1. The topological polar surface area (TPSA) is 47.3 Å². The summed E-state index contributed by atoms with van der Waals surface area (Å²) in [5.74, 6) is 0.996. The van der Waals surface area contributed by atoms with Crippen molar-refractivity contribution in [1.29, 1.82) is 0 Å². The highest BCUT2D eigenvalue weighted by Gasteiger charge is 2.12. The van der Waals surface area contributed by atoms with Crippen molar-refractivity contribution < 1.29 is 13.5 Å². The highest BCUT2D eigenvalue weighted by atomic mass is 19.1. The molecule has 0 radical (unpaired) electrons. The zero-order valence-corrected chi connectivity index (χ0v) is 12.9. The molecule has 1 aromatic carbocycles. The van der Waals surface area contributed by atoms with E-state index >= 15 is 0 Å². The number of halogens is 1. The molecule has 0 aliphatic carbocycles. The van der Waals surface area contributed by atoms with Crippen molar-refractivity contribution in [2.75, 3.05) is 13.7 Å². The molecule has 0 saturated carbocycles. The molecule has 0 atom stereocenters. The number of ether oxygens (including phenoxy) is 1. The van der Waals surface area contributed by atoms with Gasteiger partial charge in [-0.2, -0.15) is 0 Å². The van der Waals surface area contributed by atoms with Crippen LogP contribution in [-0.4, -0.2) is 24.2 Å². The van der Waals surface area contributed by atoms with Gasteiger partial charge in [-0.1, -0.05) is 0 Å². The van der Waals surface area contributed by atoms with E-state index < -0.39 is 5.82 Å². The minimum Gasteiger partial charge on any atom is -0.494 e. The Morgan fingerprint density at radius 2 is 2.10 bits per heavy atom. The molecule has 21 heavy (non-hydrogen) atoms. The van der Waals surface area contributed by atoms with Crippen LogP contribution in [0.2, 0.25) is 0 Å². The molecule has 0 unspecified atom stereocenters. The number of oxazole rings is 1. The standard InChI is InChI=1S/C16H21FN2O2/c1-16(2,3)19-8-7-15-18-10-14(21-15)11-5-6-13(20-4)12(17)9-11/h5-6,9-10,19H,7-8H2,1-4H3. The van der Waals surface area contributed by atoms with Gasteiger partial charge in [-0.05, 0) is 39.0 Å². The van der Waals surface area contributed by atoms with E-state index in [1.54, 1.807) is 18.3 Å². The first-order valence-corrected chi connectivity index (χ1v) is 6.93. The van der Waals surface area contributed by atoms with Gasteiger partial charge in [0.05, 0.1) is 13.3 Å². The van der Waals surface area contributed by atoms with E-state index in [2.05, 4.69) is 31.1 Å². The number of nitrogens with zero attached hydrogens (tertiary/aromatic N) is 1. The quantitative estimate of drug-likeness (QED) is 0.917. The Balaban J connectivity index is 2.04. The van der Waals surface area contributed by atoms with Crippen molar-refractivity contribution in [2.24, 2.45) is 0 Å². The molecule has 5 heteroatoms. The minimum atomic E-state index is -0.414. The van der Waals surface area contributed by atoms with Gasteiger partial charge in [0.25, 0.3) is 0 Å². The largest absolute Gasteiger partial charge is 0.494 e. The van der Waals surface area contributed by atoms with E-state index in [1.165, 1.54) is 13.2 Å². The van der Waals surface area contributed by atoms with Gasteiger partial charge in [0.15, 0.2) is 23.2 Å². The summed E-state index contributed by atoms with van der Waals surface area (Å²) in [5.41, 5.74) is 0.713. The fraction of sp³-hybridized carbons (Fsp3) is 0.438. The van der Waals surface area contributed by atoms with Gasteiger partial charge in [0, 0.05) is 24.1 Å². The maximum atomic E-state index is 13.7. The van der Waals surface area contributed by atoms with E-state index in [0.29, 0.717) is 23.6 Å². The van der Waals surface area contributed by atoms with E-state index in [-0.39, 0.29) is 11.3 Å². The molecule has 0 aliphatic heterocycles. The number of methoxy groups -OCH3 is 1. The zero-order valence-electron chi connectivity index (χ0n) is 12.9. The lowest BCUT2D eigenvalue weighted by Crippen LogP contribution is -2.37. The van der Waals surface area contributed by atoms with Crippen LogP contribution in [0.25, 0.3) is 11.3 Å². The molecule has 1 heterocycles. The Bertz CT molecular complexity index is 603. The van der Waals surface area contributed by atoms with Crippen LogP contribution in [0.4, 0.5) is 4.39 Å². The van der Waals surface area contributed by atoms with Crippen LogP contribution in [0, 0.1) is 5.82 Å². The first-order valence-electron chi connectivity index (χ1n) is 6.93. The summed E-state index contributed by atoms with van der Waals surface area (Å²) < 4.78 is 24.2. The highest BCUT2D eigenvalue weighted by molar-refractivity contribution is 5.57. The molecule has 0 spiro atoms. The van der Waals surface area contributed by atoms with Gasteiger partial charge >= 0.3 is 0 Å². The molecule has 1 aromatic heterocycles. The average molecular weight is 292 g/mol. The predicted octanol–water partition coefficient (Wildman–Crippen LogP) is 3.42. The Hall–Kier alpha value is -1.88. The summed E-state index contributed by atoms with van der Waals surface area (Å²) in [5, 5.41) is 3.37. The lowest BCUT2D eigenvalue weighted by molar-refractivity contribution is 0.386. The second-order valence-corrected chi connectivity index (χ2v) is 5.89. The molecule has 0 saturated heterocycles. The van der Waals surface area contributed by atoms with Gasteiger partial charge in [0.2, 0.25) is 0 Å². The van der Waals surface area contributed by atoms with E-state index in [4.69, 9.17) is 9.15 Å².